The fourth-order valence-corrected chi connectivity index (χ4v) is 1.61. The van der Waals surface area contributed by atoms with E-state index in [1.807, 2.05) is 0 Å². The first-order valence-corrected chi connectivity index (χ1v) is 4.67. The van der Waals surface area contributed by atoms with Gasteiger partial charge in [0.25, 0.3) is 0 Å². The molecule has 0 aliphatic heterocycles. The van der Waals surface area contributed by atoms with Crippen molar-refractivity contribution < 1.29 is 0 Å². The number of hydrogen-bond donors (Lipinski definition) is 0. The zero-order valence-electron chi connectivity index (χ0n) is 7.64. The molecule has 0 aromatic carbocycles. The van der Waals surface area contributed by atoms with Crippen LogP contribution in [-0.4, -0.2) is 4.37 Å². The van der Waals surface area contributed by atoms with Gasteiger partial charge in [0.15, 0.2) is 0 Å². The monoisotopic (exact) mass is 169 g/mol. The minimum atomic E-state index is 0.362. The molecule has 0 amide bonds. The van der Waals surface area contributed by atoms with Crippen molar-refractivity contribution in [1.82, 2.24) is 4.37 Å². The van der Waals surface area contributed by atoms with E-state index in [-0.39, 0.29) is 0 Å². The Hall–Kier alpha value is -0.370. The maximum Gasteiger partial charge on any atom is 0.0550 e. The number of nitrogens with zero attached hydrogens (tertiary/aromatic N) is 1. The molecule has 0 bridgehead atoms. The fraction of sp³-hybridized carbons (Fsp3) is 0.667. The molecule has 0 spiro atoms. The summed E-state index contributed by atoms with van der Waals surface area (Å²) in [5.41, 5.74) is 1.60. The Morgan fingerprint density at radius 2 is 2.09 bits per heavy atom. The first-order valence-electron chi connectivity index (χ1n) is 3.89. The number of aryl methyl sites for hydroxylation is 1. The van der Waals surface area contributed by atoms with Gasteiger partial charge in [-0.3, -0.25) is 0 Å². The molecule has 0 fully saturated rings. The van der Waals surface area contributed by atoms with Gasteiger partial charge in [-0.2, -0.15) is 4.37 Å². The Bertz CT molecular complexity index is 232. The Morgan fingerprint density at radius 1 is 1.45 bits per heavy atom. The third-order valence-corrected chi connectivity index (χ3v) is 2.12. The molecular weight excluding hydrogens is 154 g/mol. The summed E-state index contributed by atoms with van der Waals surface area (Å²) in [6.45, 7) is 8.81. The van der Waals surface area contributed by atoms with Crippen LogP contribution in [0.15, 0.2) is 6.07 Å². The van der Waals surface area contributed by atoms with Crippen LogP contribution in [0.25, 0.3) is 0 Å². The standard InChI is InChI=1S/C9H15NS/c1-7-5-8(10-11-7)6-9(2,3)4/h5H,6H2,1-4H3. The van der Waals surface area contributed by atoms with Crippen molar-refractivity contribution >= 4 is 11.5 Å². The van der Waals surface area contributed by atoms with Crippen molar-refractivity contribution in [2.24, 2.45) is 5.41 Å². The van der Waals surface area contributed by atoms with E-state index >= 15 is 0 Å². The summed E-state index contributed by atoms with van der Waals surface area (Å²) in [5.74, 6) is 0. The van der Waals surface area contributed by atoms with Gasteiger partial charge in [-0.05, 0) is 36.4 Å². The lowest BCUT2D eigenvalue weighted by Gasteiger charge is -2.15. The van der Waals surface area contributed by atoms with E-state index in [0.29, 0.717) is 5.41 Å². The second-order valence-electron chi connectivity index (χ2n) is 4.17. The number of rotatable bonds is 1. The highest BCUT2D eigenvalue weighted by molar-refractivity contribution is 7.05. The lowest BCUT2D eigenvalue weighted by atomic mass is 9.91. The molecule has 1 rings (SSSR count). The first kappa shape index (κ1) is 8.72. The van der Waals surface area contributed by atoms with Gasteiger partial charge in [-0.15, -0.1) is 0 Å². The van der Waals surface area contributed by atoms with E-state index in [0.717, 1.165) is 6.42 Å². The summed E-state index contributed by atoms with van der Waals surface area (Å²) in [5, 5.41) is 0. The molecule has 0 saturated heterocycles. The van der Waals surface area contributed by atoms with Crippen molar-refractivity contribution in [2.45, 2.75) is 34.1 Å². The maximum absolute atomic E-state index is 4.34. The molecule has 2 heteroatoms. The summed E-state index contributed by atoms with van der Waals surface area (Å²) in [6, 6.07) is 2.18. The van der Waals surface area contributed by atoms with E-state index in [1.54, 1.807) is 11.5 Å². The van der Waals surface area contributed by atoms with Crippen molar-refractivity contribution in [3.05, 3.63) is 16.6 Å². The molecule has 0 unspecified atom stereocenters. The van der Waals surface area contributed by atoms with Gasteiger partial charge in [-0.25, -0.2) is 0 Å². The van der Waals surface area contributed by atoms with Gasteiger partial charge in [0.1, 0.15) is 0 Å². The molecule has 0 atom stereocenters. The van der Waals surface area contributed by atoms with Gasteiger partial charge < -0.3 is 0 Å². The Morgan fingerprint density at radius 3 is 2.45 bits per heavy atom. The normalized spacial score (nSPS) is 12.0. The van der Waals surface area contributed by atoms with Gasteiger partial charge >= 0.3 is 0 Å². The summed E-state index contributed by atoms with van der Waals surface area (Å²) in [4.78, 5) is 1.31. The predicted molar refractivity (Wildman–Crippen MR) is 50.0 cm³/mol. The Labute approximate surface area is 72.6 Å². The van der Waals surface area contributed by atoms with Crippen LogP contribution < -0.4 is 0 Å². The van der Waals surface area contributed by atoms with Crippen LogP contribution in [-0.2, 0) is 6.42 Å². The van der Waals surface area contributed by atoms with E-state index in [1.165, 1.54) is 10.6 Å². The SMILES string of the molecule is Cc1cc(CC(C)(C)C)ns1. The van der Waals surface area contributed by atoms with E-state index in [2.05, 4.69) is 38.1 Å². The van der Waals surface area contributed by atoms with Crippen molar-refractivity contribution in [3.8, 4) is 0 Å². The zero-order valence-corrected chi connectivity index (χ0v) is 8.46. The second-order valence-corrected chi connectivity index (χ2v) is 5.18. The average Bonchev–Trinajstić information content (AvgIpc) is 2.10. The maximum atomic E-state index is 4.34. The third-order valence-electron chi connectivity index (χ3n) is 1.39. The summed E-state index contributed by atoms with van der Waals surface area (Å²) in [7, 11) is 0. The van der Waals surface area contributed by atoms with E-state index in [9.17, 15) is 0 Å². The molecule has 0 saturated carbocycles. The molecule has 1 aromatic heterocycles. The summed E-state index contributed by atoms with van der Waals surface area (Å²) < 4.78 is 4.34. The minimum Gasteiger partial charge on any atom is -0.197 e. The first-order chi connectivity index (χ1) is 4.97. The lowest BCUT2D eigenvalue weighted by molar-refractivity contribution is 0.408. The van der Waals surface area contributed by atoms with E-state index < -0.39 is 0 Å². The molecule has 1 aromatic rings. The molecule has 0 radical (unpaired) electrons. The Balaban J connectivity index is 2.65. The fourth-order valence-electron chi connectivity index (χ4n) is 1.04. The minimum absolute atomic E-state index is 0.362. The highest BCUT2D eigenvalue weighted by atomic mass is 32.1. The highest BCUT2D eigenvalue weighted by Crippen LogP contribution is 2.21. The van der Waals surface area contributed by atoms with Crippen LogP contribution in [0.4, 0.5) is 0 Å². The number of hydrogen-bond acceptors (Lipinski definition) is 2. The molecule has 0 N–H and O–H groups in total. The van der Waals surface area contributed by atoms with Crippen LogP contribution in [0, 0.1) is 12.3 Å². The Kier molecular flexibility index (Phi) is 2.33. The van der Waals surface area contributed by atoms with Crippen LogP contribution in [0.1, 0.15) is 31.3 Å². The van der Waals surface area contributed by atoms with Gasteiger partial charge in [0, 0.05) is 4.88 Å². The zero-order chi connectivity index (χ0) is 8.48. The van der Waals surface area contributed by atoms with Gasteiger partial charge in [-0.1, -0.05) is 20.8 Å². The molecule has 11 heavy (non-hydrogen) atoms. The van der Waals surface area contributed by atoms with Crippen LogP contribution in [0.5, 0.6) is 0 Å². The smallest absolute Gasteiger partial charge is 0.0550 e. The lowest BCUT2D eigenvalue weighted by Crippen LogP contribution is -2.08. The van der Waals surface area contributed by atoms with Gasteiger partial charge in [0.2, 0.25) is 0 Å². The number of aromatic nitrogens is 1. The molecule has 62 valence electrons. The average molecular weight is 169 g/mol. The largest absolute Gasteiger partial charge is 0.197 e. The molecule has 0 aliphatic carbocycles. The summed E-state index contributed by atoms with van der Waals surface area (Å²) >= 11 is 1.60. The van der Waals surface area contributed by atoms with Crippen molar-refractivity contribution in [3.63, 3.8) is 0 Å². The van der Waals surface area contributed by atoms with Crippen molar-refractivity contribution in [2.75, 3.05) is 0 Å². The topological polar surface area (TPSA) is 12.9 Å². The van der Waals surface area contributed by atoms with Crippen LogP contribution in [0.3, 0.4) is 0 Å². The predicted octanol–water partition coefficient (Wildman–Crippen LogP) is 3.04. The second kappa shape index (κ2) is 2.94. The molecule has 1 nitrogen and oxygen atoms in total. The third kappa shape index (κ3) is 3.02. The van der Waals surface area contributed by atoms with Gasteiger partial charge in [0.05, 0.1) is 5.69 Å². The van der Waals surface area contributed by atoms with Crippen LogP contribution >= 0.6 is 11.5 Å². The highest BCUT2D eigenvalue weighted by Gasteiger charge is 2.12. The summed E-state index contributed by atoms with van der Waals surface area (Å²) in [6.07, 6.45) is 1.08. The van der Waals surface area contributed by atoms with Crippen LogP contribution in [0.2, 0.25) is 0 Å². The molecule has 0 aliphatic rings. The quantitative estimate of drug-likeness (QED) is 0.629. The van der Waals surface area contributed by atoms with E-state index in [4.69, 9.17) is 0 Å². The molecule has 1 heterocycles. The molecular formula is C9H15NS. The van der Waals surface area contributed by atoms with Crippen molar-refractivity contribution in [1.29, 1.82) is 0 Å².